The second-order valence-corrected chi connectivity index (χ2v) is 4.90. The molecule has 1 aromatic heterocycles. The number of pyridine rings is 1. The molecule has 7 nitrogen and oxygen atoms in total. The Kier molecular flexibility index (Phi) is 6.01. The smallest absolute Gasteiger partial charge is 0.288 e. The number of nitrogens with zero attached hydrogens (tertiary/aromatic N) is 1. The average Bonchev–Trinajstić information content (AvgIpc) is 2.61. The normalized spacial score (nSPS) is 9.88. The summed E-state index contributed by atoms with van der Waals surface area (Å²) in [5.41, 5.74) is 5.36. The molecule has 0 aliphatic rings. The Labute approximate surface area is 139 Å². The van der Waals surface area contributed by atoms with Crippen molar-refractivity contribution >= 4 is 17.6 Å². The number of hydrogen-bond donors (Lipinski definition) is 2. The molecule has 0 unspecified atom stereocenters. The quantitative estimate of drug-likeness (QED) is 0.619. The molecular weight excluding hydrogens is 310 g/mol. The molecule has 2 aromatic rings. The van der Waals surface area contributed by atoms with Crippen LogP contribution >= 0.6 is 0 Å². The van der Waals surface area contributed by atoms with Crippen molar-refractivity contribution in [3.63, 3.8) is 0 Å². The Hall–Kier alpha value is -3.22. The summed E-state index contributed by atoms with van der Waals surface area (Å²) >= 11 is 0. The van der Waals surface area contributed by atoms with Crippen LogP contribution in [-0.4, -0.2) is 29.2 Å². The third kappa shape index (κ3) is 5.20. The van der Waals surface area contributed by atoms with Crippen LogP contribution in [0.15, 0.2) is 48.7 Å². The molecule has 0 atom stereocenters. The van der Waals surface area contributed by atoms with Gasteiger partial charge in [-0.15, -0.1) is 0 Å². The number of ether oxygens (including phenoxy) is 1. The molecule has 0 spiro atoms. The first-order chi connectivity index (χ1) is 11.6. The van der Waals surface area contributed by atoms with Crippen molar-refractivity contribution in [1.29, 1.82) is 0 Å². The first-order valence-corrected chi connectivity index (χ1v) is 7.30. The third-order valence-electron chi connectivity index (χ3n) is 3.07. The Bertz CT molecular complexity index is 714. The van der Waals surface area contributed by atoms with Crippen molar-refractivity contribution in [3.8, 4) is 5.75 Å². The highest BCUT2D eigenvalue weighted by atomic mass is 16.5. The summed E-state index contributed by atoms with van der Waals surface area (Å²) in [6, 6.07) is 11.5. The number of aromatic nitrogens is 1. The molecule has 124 valence electrons. The number of amides is 2. The summed E-state index contributed by atoms with van der Waals surface area (Å²) in [4.78, 5) is 38.3. The van der Waals surface area contributed by atoms with Crippen molar-refractivity contribution in [2.45, 2.75) is 13.3 Å². The molecule has 0 aliphatic heterocycles. The van der Waals surface area contributed by atoms with Gasteiger partial charge in [0.2, 0.25) is 5.91 Å². The molecule has 2 rings (SSSR count). The highest BCUT2D eigenvalue weighted by molar-refractivity contribution is 5.94. The van der Waals surface area contributed by atoms with Crippen LogP contribution in [-0.2, 0) is 4.79 Å². The van der Waals surface area contributed by atoms with Crippen molar-refractivity contribution in [3.05, 3.63) is 59.9 Å². The number of hydrogen-bond acceptors (Lipinski definition) is 5. The highest BCUT2D eigenvalue weighted by Crippen LogP contribution is 2.12. The van der Waals surface area contributed by atoms with Gasteiger partial charge >= 0.3 is 0 Å². The largest absolute Gasteiger partial charge is 0.493 e. The van der Waals surface area contributed by atoms with E-state index in [2.05, 4.69) is 15.8 Å². The van der Waals surface area contributed by atoms with Gasteiger partial charge in [0.15, 0.2) is 5.78 Å². The number of hydrazine groups is 1. The lowest BCUT2D eigenvalue weighted by Crippen LogP contribution is -2.42. The number of ketones is 1. The molecule has 0 fully saturated rings. The Morgan fingerprint density at radius 1 is 1.04 bits per heavy atom. The van der Waals surface area contributed by atoms with Gasteiger partial charge in [0.05, 0.1) is 13.0 Å². The molecule has 0 radical (unpaired) electrons. The Morgan fingerprint density at radius 3 is 2.42 bits per heavy atom. The maximum atomic E-state index is 11.7. The summed E-state index contributed by atoms with van der Waals surface area (Å²) in [6.07, 6.45) is 1.55. The zero-order valence-corrected chi connectivity index (χ0v) is 13.1. The second-order valence-electron chi connectivity index (χ2n) is 4.90. The zero-order chi connectivity index (χ0) is 17.4. The maximum Gasteiger partial charge on any atom is 0.288 e. The van der Waals surface area contributed by atoms with Crippen LogP contribution < -0.4 is 15.6 Å². The van der Waals surface area contributed by atoms with Gasteiger partial charge in [-0.3, -0.25) is 30.2 Å². The molecule has 2 amide bonds. The van der Waals surface area contributed by atoms with Gasteiger partial charge in [-0.2, -0.15) is 0 Å². The van der Waals surface area contributed by atoms with Crippen LogP contribution in [0, 0.1) is 0 Å². The van der Waals surface area contributed by atoms with E-state index in [-0.39, 0.29) is 30.4 Å². The number of carbonyl (C=O) groups is 3. The summed E-state index contributed by atoms with van der Waals surface area (Å²) < 4.78 is 5.41. The number of carbonyl (C=O) groups excluding carboxylic acids is 3. The van der Waals surface area contributed by atoms with E-state index in [4.69, 9.17) is 4.74 Å². The molecule has 0 saturated heterocycles. The topological polar surface area (TPSA) is 97.4 Å². The maximum absolute atomic E-state index is 11.7. The van der Waals surface area contributed by atoms with Crippen LogP contribution in [0.25, 0.3) is 0 Å². The molecule has 1 aromatic carbocycles. The summed E-state index contributed by atoms with van der Waals surface area (Å²) in [5, 5.41) is 0. The van der Waals surface area contributed by atoms with Gasteiger partial charge in [-0.25, -0.2) is 0 Å². The van der Waals surface area contributed by atoms with E-state index >= 15 is 0 Å². The van der Waals surface area contributed by atoms with E-state index < -0.39 is 5.91 Å². The lowest BCUT2D eigenvalue weighted by molar-refractivity contribution is -0.122. The molecule has 24 heavy (non-hydrogen) atoms. The predicted octanol–water partition coefficient (Wildman–Crippen LogP) is 1.51. The minimum Gasteiger partial charge on any atom is -0.493 e. The van der Waals surface area contributed by atoms with E-state index in [0.717, 1.165) is 0 Å². The first kappa shape index (κ1) is 17.1. The highest BCUT2D eigenvalue weighted by Gasteiger charge is 2.08. The van der Waals surface area contributed by atoms with Crippen molar-refractivity contribution in [1.82, 2.24) is 15.8 Å². The van der Waals surface area contributed by atoms with Gasteiger partial charge in [0, 0.05) is 11.8 Å². The first-order valence-electron chi connectivity index (χ1n) is 7.30. The van der Waals surface area contributed by atoms with Gasteiger partial charge < -0.3 is 4.74 Å². The fourth-order valence-corrected chi connectivity index (χ4v) is 1.80. The minimum atomic E-state index is -0.496. The third-order valence-corrected chi connectivity index (χ3v) is 3.07. The number of nitrogens with one attached hydrogen (secondary N) is 2. The van der Waals surface area contributed by atoms with E-state index in [1.54, 1.807) is 36.4 Å². The van der Waals surface area contributed by atoms with Crippen molar-refractivity contribution < 1.29 is 19.1 Å². The van der Waals surface area contributed by atoms with E-state index in [9.17, 15) is 14.4 Å². The van der Waals surface area contributed by atoms with E-state index in [0.29, 0.717) is 11.3 Å². The monoisotopic (exact) mass is 327 g/mol. The van der Waals surface area contributed by atoms with Crippen LogP contribution in [0.1, 0.15) is 34.2 Å². The number of rotatable bonds is 6. The van der Waals surface area contributed by atoms with Crippen molar-refractivity contribution in [2.75, 3.05) is 6.61 Å². The minimum absolute atomic E-state index is 0.0235. The van der Waals surface area contributed by atoms with Crippen LogP contribution in [0.5, 0.6) is 5.75 Å². The van der Waals surface area contributed by atoms with E-state index in [1.165, 1.54) is 19.2 Å². The SMILES string of the molecule is CC(=O)c1ccc(OCCC(=O)NNC(=O)c2ccccn2)cc1. The standard InChI is InChI=1S/C17H17N3O4/c1-12(21)13-5-7-14(8-6-13)24-11-9-16(22)19-20-17(23)15-4-2-3-10-18-15/h2-8,10H,9,11H2,1H3,(H,19,22)(H,20,23). The van der Waals surface area contributed by atoms with Gasteiger partial charge in [-0.05, 0) is 43.3 Å². The average molecular weight is 327 g/mol. The lowest BCUT2D eigenvalue weighted by atomic mass is 10.1. The molecule has 2 N–H and O–H groups in total. The lowest BCUT2D eigenvalue weighted by Gasteiger charge is -2.08. The van der Waals surface area contributed by atoms with Gasteiger partial charge in [0.1, 0.15) is 11.4 Å². The molecule has 1 heterocycles. The Balaban J connectivity index is 1.69. The summed E-state index contributed by atoms with van der Waals surface area (Å²) in [5.74, 6) is -0.348. The predicted molar refractivity (Wildman–Crippen MR) is 86.4 cm³/mol. The van der Waals surface area contributed by atoms with E-state index in [1.807, 2.05) is 0 Å². The Morgan fingerprint density at radius 2 is 1.79 bits per heavy atom. The number of benzene rings is 1. The van der Waals surface area contributed by atoms with Gasteiger partial charge in [-0.1, -0.05) is 6.07 Å². The number of Topliss-reactive ketones (excluding diaryl/α,β-unsaturated/α-hetero) is 1. The van der Waals surface area contributed by atoms with Crippen LogP contribution in [0.4, 0.5) is 0 Å². The van der Waals surface area contributed by atoms with Crippen molar-refractivity contribution in [2.24, 2.45) is 0 Å². The van der Waals surface area contributed by atoms with Crippen LogP contribution in [0.2, 0.25) is 0 Å². The molecule has 0 saturated carbocycles. The molecular formula is C17H17N3O4. The second kappa shape index (κ2) is 8.42. The van der Waals surface area contributed by atoms with Crippen LogP contribution in [0.3, 0.4) is 0 Å². The summed E-state index contributed by atoms with van der Waals surface area (Å²) in [7, 11) is 0. The fraction of sp³-hybridized carbons (Fsp3) is 0.176. The molecule has 7 heteroatoms. The zero-order valence-electron chi connectivity index (χ0n) is 13.1. The molecule has 0 aliphatic carbocycles. The van der Waals surface area contributed by atoms with Gasteiger partial charge in [0.25, 0.3) is 5.91 Å². The fourth-order valence-electron chi connectivity index (χ4n) is 1.80. The molecule has 0 bridgehead atoms. The summed E-state index contributed by atoms with van der Waals surface area (Å²) in [6.45, 7) is 1.63.